The molecule has 1 fully saturated rings. The fraction of sp³-hybridized carbons (Fsp3) is 0.500. The summed E-state index contributed by atoms with van der Waals surface area (Å²) in [6.07, 6.45) is 0.967. The van der Waals surface area contributed by atoms with E-state index in [4.69, 9.17) is 0 Å². The molecule has 10 heteroatoms. The van der Waals surface area contributed by atoms with Crippen molar-refractivity contribution in [1.82, 2.24) is 14.5 Å². The number of carbonyl (C=O) groups excluding carboxylic acids is 2. The molecule has 1 N–H and O–H groups in total. The Morgan fingerprint density at radius 2 is 1.85 bits per heavy atom. The molecule has 2 amide bonds. The number of rotatable bonds is 5. The quantitative estimate of drug-likeness (QED) is 0.736. The minimum absolute atomic E-state index is 0.243. The van der Waals surface area contributed by atoms with Gasteiger partial charge in [0.05, 0.1) is 12.8 Å². The van der Waals surface area contributed by atoms with Crippen molar-refractivity contribution in [3.63, 3.8) is 0 Å². The monoisotopic (exact) mass is 386 g/mol. The fourth-order valence-electron chi connectivity index (χ4n) is 2.77. The van der Waals surface area contributed by atoms with Crippen LogP contribution in [0.5, 0.6) is 0 Å². The van der Waals surface area contributed by atoms with Gasteiger partial charge in [0, 0.05) is 39.4 Å². The Morgan fingerprint density at radius 3 is 2.38 bits per heavy atom. The molecule has 0 aromatic heterocycles. The predicted molar refractivity (Wildman–Crippen MR) is 95.7 cm³/mol. The standard InChI is InChI=1S/C16H23FN4O4S/c1-19(2)16(23)14-11-20(13-6-4-12(17)5-7-13)8-9-21(14)15(22)10-18-26(3,24)25/h4-7,14,18H,8-11H2,1-3H3. The Hall–Kier alpha value is -2.20. The van der Waals surface area contributed by atoms with E-state index < -0.39 is 28.5 Å². The van der Waals surface area contributed by atoms with Gasteiger partial charge >= 0.3 is 0 Å². The zero-order chi connectivity index (χ0) is 19.5. The topological polar surface area (TPSA) is 90.0 Å². The number of sulfonamides is 1. The molecule has 1 saturated heterocycles. The van der Waals surface area contributed by atoms with Gasteiger partial charge in [0.15, 0.2) is 0 Å². The summed E-state index contributed by atoms with van der Waals surface area (Å²) in [5, 5.41) is 0. The number of nitrogens with zero attached hydrogens (tertiary/aromatic N) is 3. The number of hydrogen-bond donors (Lipinski definition) is 1. The van der Waals surface area contributed by atoms with Crippen LogP contribution in [0.25, 0.3) is 0 Å². The van der Waals surface area contributed by atoms with Gasteiger partial charge in [-0.3, -0.25) is 9.59 Å². The normalized spacial score (nSPS) is 17.9. The molecule has 0 bridgehead atoms. The molecule has 1 aliphatic heterocycles. The smallest absolute Gasteiger partial charge is 0.246 e. The van der Waals surface area contributed by atoms with Crippen LogP contribution in [0, 0.1) is 5.82 Å². The molecule has 0 spiro atoms. The lowest BCUT2D eigenvalue weighted by Gasteiger charge is -2.42. The van der Waals surface area contributed by atoms with E-state index in [0.29, 0.717) is 6.54 Å². The van der Waals surface area contributed by atoms with E-state index in [1.807, 2.05) is 4.90 Å². The second kappa shape index (κ2) is 8.00. The van der Waals surface area contributed by atoms with Crippen molar-refractivity contribution in [2.45, 2.75) is 6.04 Å². The Kier molecular flexibility index (Phi) is 6.19. The lowest BCUT2D eigenvalue weighted by molar-refractivity contribution is -0.144. The molecule has 1 aliphatic rings. The van der Waals surface area contributed by atoms with E-state index >= 15 is 0 Å². The van der Waals surface area contributed by atoms with Gasteiger partial charge in [0.1, 0.15) is 11.9 Å². The molecule has 1 aromatic rings. The van der Waals surface area contributed by atoms with Gasteiger partial charge in [0.25, 0.3) is 0 Å². The Morgan fingerprint density at radius 1 is 1.23 bits per heavy atom. The highest BCUT2D eigenvalue weighted by molar-refractivity contribution is 7.88. The van der Waals surface area contributed by atoms with Crippen molar-refractivity contribution in [3.05, 3.63) is 30.1 Å². The van der Waals surface area contributed by atoms with Gasteiger partial charge in [-0.05, 0) is 24.3 Å². The molecular weight excluding hydrogens is 363 g/mol. The SMILES string of the molecule is CN(C)C(=O)C1CN(c2ccc(F)cc2)CCN1C(=O)CNS(C)(=O)=O. The molecule has 2 rings (SSSR count). The van der Waals surface area contributed by atoms with E-state index in [1.54, 1.807) is 26.2 Å². The van der Waals surface area contributed by atoms with E-state index in [9.17, 15) is 22.4 Å². The van der Waals surface area contributed by atoms with Crippen molar-refractivity contribution in [2.75, 3.05) is 51.4 Å². The van der Waals surface area contributed by atoms with Gasteiger partial charge in [-0.2, -0.15) is 0 Å². The van der Waals surface area contributed by atoms with Crippen LogP contribution in [-0.2, 0) is 19.6 Å². The molecule has 8 nitrogen and oxygen atoms in total. The average molecular weight is 386 g/mol. The predicted octanol–water partition coefficient (Wildman–Crippen LogP) is -0.520. The minimum Gasteiger partial charge on any atom is -0.367 e. The summed E-state index contributed by atoms with van der Waals surface area (Å²) < 4.78 is 37.7. The van der Waals surface area contributed by atoms with Crippen molar-refractivity contribution < 1.29 is 22.4 Å². The highest BCUT2D eigenvalue weighted by atomic mass is 32.2. The molecular formula is C16H23FN4O4S. The van der Waals surface area contributed by atoms with Crippen LogP contribution in [0.2, 0.25) is 0 Å². The summed E-state index contributed by atoms with van der Waals surface area (Å²) >= 11 is 0. The van der Waals surface area contributed by atoms with Crippen LogP contribution < -0.4 is 9.62 Å². The number of nitrogens with one attached hydrogen (secondary N) is 1. The van der Waals surface area contributed by atoms with Crippen LogP contribution in [0.4, 0.5) is 10.1 Å². The summed E-state index contributed by atoms with van der Waals surface area (Å²) in [5.74, 6) is -1.07. The van der Waals surface area contributed by atoms with Gasteiger partial charge in [0.2, 0.25) is 21.8 Å². The first-order chi connectivity index (χ1) is 12.1. The summed E-state index contributed by atoms with van der Waals surface area (Å²) in [6, 6.07) is 5.17. The molecule has 26 heavy (non-hydrogen) atoms. The van der Waals surface area contributed by atoms with Crippen molar-refractivity contribution in [3.8, 4) is 0 Å². The van der Waals surface area contributed by atoms with Gasteiger partial charge in [-0.1, -0.05) is 0 Å². The first kappa shape index (κ1) is 20.1. The van der Waals surface area contributed by atoms with Crippen LogP contribution in [0.15, 0.2) is 24.3 Å². The number of amides is 2. The van der Waals surface area contributed by atoms with Crippen LogP contribution in [0.1, 0.15) is 0 Å². The lowest BCUT2D eigenvalue weighted by atomic mass is 10.1. The van der Waals surface area contributed by atoms with E-state index in [0.717, 1.165) is 11.9 Å². The number of hydrogen-bond acceptors (Lipinski definition) is 5. The van der Waals surface area contributed by atoms with Crippen LogP contribution in [0.3, 0.4) is 0 Å². The summed E-state index contributed by atoms with van der Waals surface area (Å²) in [4.78, 5) is 29.7. The Balaban J connectivity index is 2.18. The maximum Gasteiger partial charge on any atom is 0.246 e. The summed E-state index contributed by atoms with van der Waals surface area (Å²) in [6.45, 7) is 0.555. The van der Waals surface area contributed by atoms with Crippen LogP contribution >= 0.6 is 0 Å². The highest BCUT2D eigenvalue weighted by Gasteiger charge is 2.36. The number of piperazine rings is 1. The maximum absolute atomic E-state index is 13.1. The Bertz CT molecular complexity index is 767. The maximum atomic E-state index is 13.1. The number of halogens is 1. The third kappa shape index (κ3) is 5.15. The molecule has 1 unspecified atom stereocenters. The van der Waals surface area contributed by atoms with E-state index in [2.05, 4.69) is 4.72 Å². The Labute approximate surface area is 152 Å². The number of carbonyl (C=O) groups is 2. The van der Waals surface area contributed by atoms with Crippen molar-refractivity contribution in [2.24, 2.45) is 0 Å². The lowest BCUT2D eigenvalue weighted by Crippen LogP contribution is -2.61. The summed E-state index contributed by atoms with van der Waals surface area (Å²) in [7, 11) is -0.321. The molecule has 0 saturated carbocycles. The van der Waals surface area contributed by atoms with Crippen molar-refractivity contribution >= 4 is 27.5 Å². The third-order valence-corrected chi connectivity index (χ3v) is 4.77. The second-order valence-corrected chi connectivity index (χ2v) is 8.18. The number of benzene rings is 1. The zero-order valence-corrected chi connectivity index (χ0v) is 15.8. The fourth-order valence-corrected chi connectivity index (χ4v) is 3.16. The molecule has 1 heterocycles. The molecule has 1 aromatic carbocycles. The van der Waals surface area contributed by atoms with Gasteiger partial charge in [-0.15, -0.1) is 0 Å². The summed E-state index contributed by atoms with van der Waals surface area (Å²) in [5.41, 5.74) is 0.754. The molecule has 0 radical (unpaired) electrons. The largest absolute Gasteiger partial charge is 0.367 e. The van der Waals surface area contributed by atoms with Crippen LogP contribution in [-0.4, -0.2) is 82.6 Å². The first-order valence-electron chi connectivity index (χ1n) is 8.04. The first-order valence-corrected chi connectivity index (χ1v) is 9.93. The number of anilines is 1. The van der Waals surface area contributed by atoms with E-state index in [-0.39, 0.29) is 24.8 Å². The van der Waals surface area contributed by atoms with E-state index in [1.165, 1.54) is 21.9 Å². The molecule has 1 atom stereocenters. The average Bonchev–Trinajstić information content (AvgIpc) is 2.58. The minimum atomic E-state index is -3.51. The van der Waals surface area contributed by atoms with Crippen molar-refractivity contribution in [1.29, 1.82) is 0 Å². The van der Waals surface area contributed by atoms with Gasteiger partial charge in [-0.25, -0.2) is 17.5 Å². The molecule has 144 valence electrons. The van der Waals surface area contributed by atoms with Gasteiger partial charge < -0.3 is 14.7 Å². The zero-order valence-electron chi connectivity index (χ0n) is 15.0. The number of likely N-dealkylation sites (N-methyl/N-ethyl adjacent to an activating group) is 1. The highest BCUT2D eigenvalue weighted by Crippen LogP contribution is 2.20. The molecule has 0 aliphatic carbocycles. The second-order valence-electron chi connectivity index (χ2n) is 6.35. The third-order valence-electron chi connectivity index (χ3n) is 4.10.